The van der Waals surface area contributed by atoms with Crippen molar-refractivity contribution in [3.63, 3.8) is 0 Å². The summed E-state index contributed by atoms with van der Waals surface area (Å²) in [5.41, 5.74) is 6.03. The van der Waals surface area contributed by atoms with Crippen LogP contribution >= 0.6 is 11.6 Å². The maximum atomic E-state index is 13.2. The summed E-state index contributed by atoms with van der Waals surface area (Å²) in [5, 5.41) is 0.392. The minimum atomic E-state index is -2.62. The predicted molar refractivity (Wildman–Crippen MR) is 65.1 cm³/mol. The van der Waals surface area contributed by atoms with Gasteiger partial charge in [0.25, 0.3) is 0 Å². The number of nitrogens with two attached hydrogens (primary N) is 1. The van der Waals surface area contributed by atoms with Crippen molar-refractivity contribution in [3.05, 3.63) is 22.8 Å². The SMILES string of the molecule is COc1cc(C2(N)CCC(F)(F)CC2)c(Cl)cn1. The third kappa shape index (κ3) is 2.57. The Morgan fingerprint density at radius 1 is 1.33 bits per heavy atom. The molecule has 2 N–H and O–H groups in total. The molecule has 0 aromatic carbocycles. The van der Waals surface area contributed by atoms with E-state index in [1.54, 1.807) is 6.07 Å². The van der Waals surface area contributed by atoms with E-state index in [0.717, 1.165) is 0 Å². The molecule has 0 saturated heterocycles. The van der Waals surface area contributed by atoms with Crippen molar-refractivity contribution >= 4 is 11.6 Å². The van der Waals surface area contributed by atoms with Crippen molar-refractivity contribution in [3.8, 4) is 5.88 Å². The fourth-order valence-corrected chi connectivity index (χ4v) is 2.54. The Hall–Kier alpha value is -0.940. The summed E-state index contributed by atoms with van der Waals surface area (Å²) in [7, 11) is 1.48. The average Bonchev–Trinajstić information content (AvgIpc) is 2.34. The number of nitrogens with zero attached hydrogens (tertiary/aromatic N) is 1. The Balaban J connectivity index is 2.30. The molecule has 1 fully saturated rings. The second-order valence-electron chi connectivity index (χ2n) is 4.72. The second-order valence-corrected chi connectivity index (χ2v) is 5.13. The van der Waals surface area contributed by atoms with E-state index >= 15 is 0 Å². The molecule has 1 aromatic rings. The van der Waals surface area contributed by atoms with Crippen LogP contribution in [0.5, 0.6) is 5.88 Å². The number of alkyl halides is 2. The molecule has 18 heavy (non-hydrogen) atoms. The lowest BCUT2D eigenvalue weighted by Gasteiger charge is -2.37. The molecule has 0 spiro atoms. The Labute approximate surface area is 109 Å². The minimum Gasteiger partial charge on any atom is -0.481 e. The molecule has 0 radical (unpaired) electrons. The molecule has 0 aliphatic heterocycles. The first kappa shape index (κ1) is 13.5. The third-order valence-electron chi connectivity index (χ3n) is 3.45. The summed E-state index contributed by atoms with van der Waals surface area (Å²) < 4.78 is 31.4. The van der Waals surface area contributed by atoms with Gasteiger partial charge < -0.3 is 10.5 Å². The van der Waals surface area contributed by atoms with Gasteiger partial charge in [-0.3, -0.25) is 0 Å². The molecule has 0 unspecified atom stereocenters. The molecule has 1 aliphatic rings. The summed E-state index contributed by atoms with van der Waals surface area (Å²) in [6.45, 7) is 0. The fraction of sp³-hybridized carbons (Fsp3) is 0.583. The van der Waals surface area contributed by atoms with E-state index in [1.165, 1.54) is 13.3 Å². The number of hydrogen-bond donors (Lipinski definition) is 1. The van der Waals surface area contributed by atoms with Gasteiger partial charge in [0.05, 0.1) is 12.1 Å². The van der Waals surface area contributed by atoms with Crippen LogP contribution in [0.3, 0.4) is 0 Å². The second kappa shape index (κ2) is 4.63. The van der Waals surface area contributed by atoms with E-state index in [0.29, 0.717) is 16.5 Å². The normalized spacial score (nSPS) is 21.6. The van der Waals surface area contributed by atoms with Gasteiger partial charge in [0.15, 0.2) is 0 Å². The molecular weight excluding hydrogens is 262 g/mol. The number of hydrogen-bond acceptors (Lipinski definition) is 3. The molecular formula is C12H15ClF2N2O. The van der Waals surface area contributed by atoms with Gasteiger partial charge in [-0.1, -0.05) is 11.6 Å². The average molecular weight is 277 g/mol. The molecule has 1 aromatic heterocycles. The highest BCUT2D eigenvalue weighted by atomic mass is 35.5. The van der Waals surface area contributed by atoms with Crippen LogP contribution < -0.4 is 10.5 Å². The van der Waals surface area contributed by atoms with Gasteiger partial charge >= 0.3 is 0 Å². The molecule has 1 heterocycles. The van der Waals surface area contributed by atoms with Crippen LogP contribution in [0.1, 0.15) is 31.2 Å². The van der Waals surface area contributed by atoms with Crippen molar-refractivity contribution in [2.75, 3.05) is 7.11 Å². The maximum Gasteiger partial charge on any atom is 0.248 e. The minimum absolute atomic E-state index is 0.201. The number of methoxy groups -OCH3 is 1. The molecule has 3 nitrogen and oxygen atoms in total. The Kier molecular flexibility index (Phi) is 3.47. The highest BCUT2D eigenvalue weighted by molar-refractivity contribution is 6.31. The molecule has 0 bridgehead atoms. The highest BCUT2D eigenvalue weighted by Crippen LogP contribution is 2.44. The predicted octanol–water partition coefficient (Wildman–Crippen LogP) is 3.11. The molecule has 6 heteroatoms. The van der Waals surface area contributed by atoms with Crippen LogP contribution in [0.15, 0.2) is 12.3 Å². The van der Waals surface area contributed by atoms with E-state index < -0.39 is 11.5 Å². The molecule has 1 saturated carbocycles. The first-order valence-corrected chi connectivity index (χ1v) is 6.11. The largest absolute Gasteiger partial charge is 0.481 e. The van der Waals surface area contributed by atoms with Crippen LogP contribution in [0.4, 0.5) is 8.78 Å². The Bertz CT molecular complexity index is 444. The van der Waals surface area contributed by atoms with Gasteiger partial charge in [0.1, 0.15) is 0 Å². The first-order valence-electron chi connectivity index (χ1n) is 5.73. The maximum absolute atomic E-state index is 13.2. The summed E-state index contributed by atoms with van der Waals surface area (Å²) >= 11 is 6.06. The van der Waals surface area contributed by atoms with Gasteiger partial charge in [-0.05, 0) is 18.4 Å². The monoisotopic (exact) mass is 276 g/mol. The van der Waals surface area contributed by atoms with E-state index in [1.807, 2.05) is 0 Å². The molecule has 0 amide bonds. The molecule has 100 valence electrons. The van der Waals surface area contributed by atoms with E-state index in [2.05, 4.69) is 4.98 Å². The van der Waals surface area contributed by atoms with Crippen LogP contribution in [0.25, 0.3) is 0 Å². The summed E-state index contributed by atoms with van der Waals surface area (Å²) in [6.07, 6.45) is 1.41. The van der Waals surface area contributed by atoms with Crippen LogP contribution in [-0.4, -0.2) is 18.0 Å². The molecule has 2 rings (SSSR count). The van der Waals surface area contributed by atoms with Crippen molar-refractivity contribution in [2.24, 2.45) is 5.73 Å². The summed E-state index contributed by atoms with van der Waals surface area (Å²) in [6, 6.07) is 1.63. The quantitative estimate of drug-likeness (QED) is 0.903. The summed E-state index contributed by atoms with van der Waals surface area (Å²) in [4.78, 5) is 3.95. The topological polar surface area (TPSA) is 48.1 Å². The summed E-state index contributed by atoms with van der Waals surface area (Å²) in [5.74, 6) is -2.23. The van der Waals surface area contributed by atoms with Gasteiger partial charge in [-0.25, -0.2) is 13.8 Å². The number of rotatable bonds is 2. The van der Waals surface area contributed by atoms with Crippen molar-refractivity contribution in [1.82, 2.24) is 4.98 Å². The zero-order valence-electron chi connectivity index (χ0n) is 10.0. The lowest BCUT2D eigenvalue weighted by atomic mass is 9.76. The number of aromatic nitrogens is 1. The van der Waals surface area contributed by atoms with Crippen molar-refractivity contribution in [2.45, 2.75) is 37.1 Å². The van der Waals surface area contributed by atoms with Crippen LogP contribution in [0.2, 0.25) is 5.02 Å². The van der Waals surface area contributed by atoms with E-state index in [-0.39, 0.29) is 25.7 Å². The van der Waals surface area contributed by atoms with Gasteiger partial charge in [-0.2, -0.15) is 0 Å². The molecule has 1 aliphatic carbocycles. The van der Waals surface area contributed by atoms with Gasteiger partial charge in [-0.15, -0.1) is 0 Å². The number of ether oxygens (including phenoxy) is 1. The Morgan fingerprint density at radius 3 is 2.50 bits per heavy atom. The zero-order chi connectivity index (χ0) is 13.4. The standard InChI is InChI=1S/C12H15ClF2N2O/c1-18-10-6-8(9(13)7-17-10)11(16)2-4-12(14,15)5-3-11/h6-7H,2-5,16H2,1H3. The zero-order valence-corrected chi connectivity index (χ0v) is 10.8. The fourth-order valence-electron chi connectivity index (χ4n) is 2.24. The van der Waals surface area contributed by atoms with Crippen LogP contribution in [-0.2, 0) is 5.54 Å². The van der Waals surface area contributed by atoms with Crippen molar-refractivity contribution in [1.29, 1.82) is 0 Å². The van der Waals surface area contributed by atoms with Gasteiger partial charge in [0.2, 0.25) is 11.8 Å². The Morgan fingerprint density at radius 2 is 1.94 bits per heavy atom. The molecule has 0 atom stereocenters. The lowest BCUT2D eigenvalue weighted by molar-refractivity contribution is -0.0514. The van der Waals surface area contributed by atoms with Crippen molar-refractivity contribution < 1.29 is 13.5 Å². The van der Waals surface area contributed by atoms with Crippen LogP contribution in [0, 0.1) is 0 Å². The lowest BCUT2D eigenvalue weighted by Crippen LogP contribution is -2.43. The first-order chi connectivity index (χ1) is 8.36. The van der Waals surface area contributed by atoms with E-state index in [9.17, 15) is 8.78 Å². The third-order valence-corrected chi connectivity index (χ3v) is 3.75. The van der Waals surface area contributed by atoms with Gasteiger partial charge in [0, 0.05) is 30.6 Å². The smallest absolute Gasteiger partial charge is 0.248 e. The highest BCUT2D eigenvalue weighted by Gasteiger charge is 2.43. The number of pyridine rings is 1. The number of halogens is 3. The van der Waals surface area contributed by atoms with E-state index in [4.69, 9.17) is 22.1 Å².